The molecular weight excluding hydrogens is 360 g/mol. The summed E-state index contributed by atoms with van der Waals surface area (Å²) in [7, 11) is 1.71. The average Bonchev–Trinajstić information content (AvgIpc) is 2.79. The summed E-state index contributed by atoms with van der Waals surface area (Å²) in [4.78, 5) is 5.20. The molecule has 0 aliphatic carbocycles. The number of pyridine rings is 1. The molecule has 1 N–H and O–H groups in total. The van der Waals surface area contributed by atoms with E-state index in [1.165, 1.54) is 39.1 Å². The Morgan fingerprint density at radius 3 is 2.72 bits per heavy atom. The molecule has 2 aromatic carbocycles. The molecule has 0 fully saturated rings. The van der Waals surface area contributed by atoms with E-state index < -0.39 is 0 Å². The molecule has 4 heteroatoms. The molecule has 1 unspecified atom stereocenters. The highest BCUT2D eigenvalue weighted by atomic mass is 16.5. The summed E-state index contributed by atoms with van der Waals surface area (Å²) in [6, 6.07) is 16.8. The standard InChI is InChI=1S/C25H26N2O2/c1-16-12-18(28-2)8-9-19(16)25-20-13-24(17-6-4-3-5-7-17)29-15-22(20)21-14-26-11-10-23(21)27-25/h3-9,12,24,26H,10-11,13-15H2,1-2H3. The predicted octanol–water partition coefficient (Wildman–Crippen LogP) is 4.53. The van der Waals surface area contributed by atoms with Crippen LogP contribution in [0.3, 0.4) is 0 Å². The third-order valence-corrected chi connectivity index (χ3v) is 6.13. The maximum Gasteiger partial charge on any atom is 0.119 e. The van der Waals surface area contributed by atoms with Crippen molar-refractivity contribution < 1.29 is 9.47 Å². The molecule has 3 heterocycles. The normalized spacial score (nSPS) is 18.1. The van der Waals surface area contributed by atoms with Crippen molar-refractivity contribution in [3.8, 4) is 17.0 Å². The summed E-state index contributed by atoms with van der Waals surface area (Å²) in [6.07, 6.45) is 1.88. The summed E-state index contributed by atoms with van der Waals surface area (Å²) >= 11 is 0. The number of nitrogens with one attached hydrogen (secondary N) is 1. The average molecular weight is 386 g/mol. The van der Waals surface area contributed by atoms with Crippen molar-refractivity contribution in [3.63, 3.8) is 0 Å². The van der Waals surface area contributed by atoms with Crippen LogP contribution in [0.15, 0.2) is 48.5 Å². The Kier molecular flexibility index (Phi) is 4.82. The fourth-order valence-electron chi connectivity index (χ4n) is 4.56. The minimum atomic E-state index is 0.0670. The molecule has 1 atom stereocenters. The smallest absolute Gasteiger partial charge is 0.119 e. The van der Waals surface area contributed by atoms with Gasteiger partial charge in [0.1, 0.15) is 5.75 Å². The monoisotopic (exact) mass is 386 g/mol. The number of benzene rings is 2. The van der Waals surface area contributed by atoms with Crippen LogP contribution >= 0.6 is 0 Å². The molecule has 0 saturated carbocycles. The Hall–Kier alpha value is -2.69. The van der Waals surface area contributed by atoms with Gasteiger partial charge in [0, 0.05) is 37.2 Å². The Labute approximate surface area is 171 Å². The molecule has 0 saturated heterocycles. The number of ether oxygens (including phenoxy) is 2. The number of aryl methyl sites for hydroxylation is 1. The fraction of sp³-hybridized carbons (Fsp3) is 0.320. The summed E-state index contributed by atoms with van der Waals surface area (Å²) < 4.78 is 11.8. The van der Waals surface area contributed by atoms with Gasteiger partial charge in [0.2, 0.25) is 0 Å². The lowest BCUT2D eigenvalue weighted by Crippen LogP contribution is -2.29. The summed E-state index contributed by atoms with van der Waals surface area (Å²) in [5.41, 5.74) is 9.95. The lowest BCUT2D eigenvalue weighted by molar-refractivity contribution is 0.0267. The van der Waals surface area contributed by atoms with E-state index >= 15 is 0 Å². The molecule has 3 aromatic rings. The number of nitrogens with zero attached hydrogens (tertiary/aromatic N) is 1. The topological polar surface area (TPSA) is 43.4 Å². The van der Waals surface area contributed by atoms with E-state index in [1.807, 2.05) is 6.07 Å². The predicted molar refractivity (Wildman–Crippen MR) is 114 cm³/mol. The number of fused-ring (bicyclic) bond motifs is 3. The second-order valence-electron chi connectivity index (χ2n) is 7.86. The lowest BCUT2D eigenvalue weighted by atomic mass is 9.86. The van der Waals surface area contributed by atoms with Crippen LogP contribution in [0.2, 0.25) is 0 Å². The van der Waals surface area contributed by atoms with Gasteiger partial charge in [-0.2, -0.15) is 0 Å². The van der Waals surface area contributed by atoms with E-state index in [-0.39, 0.29) is 6.10 Å². The first kappa shape index (κ1) is 18.3. The second-order valence-corrected chi connectivity index (χ2v) is 7.86. The minimum absolute atomic E-state index is 0.0670. The molecule has 0 spiro atoms. The van der Waals surface area contributed by atoms with Crippen molar-refractivity contribution in [1.29, 1.82) is 0 Å². The van der Waals surface area contributed by atoms with Crippen LogP contribution in [0.25, 0.3) is 11.3 Å². The van der Waals surface area contributed by atoms with Gasteiger partial charge >= 0.3 is 0 Å². The van der Waals surface area contributed by atoms with Gasteiger partial charge in [-0.05, 0) is 52.9 Å². The largest absolute Gasteiger partial charge is 0.497 e. The molecule has 29 heavy (non-hydrogen) atoms. The molecule has 148 valence electrons. The van der Waals surface area contributed by atoms with Crippen molar-refractivity contribution in [2.75, 3.05) is 13.7 Å². The van der Waals surface area contributed by atoms with Crippen LogP contribution in [0.1, 0.15) is 39.6 Å². The molecule has 1 aromatic heterocycles. The zero-order valence-corrected chi connectivity index (χ0v) is 17.0. The van der Waals surface area contributed by atoms with E-state index in [0.717, 1.165) is 37.4 Å². The van der Waals surface area contributed by atoms with Gasteiger partial charge in [-0.15, -0.1) is 0 Å². The number of methoxy groups -OCH3 is 1. The molecule has 5 rings (SSSR count). The highest BCUT2D eigenvalue weighted by molar-refractivity contribution is 5.70. The van der Waals surface area contributed by atoms with Crippen molar-refractivity contribution in [2.24, 2.45) is 0 Å². The summed E-state index contributed by atoms with van der Waals surface area (Å²) in [5.74, 6) is 0.882. The van der Waals surface area contributed by atoms with E-state index in [4.69, 9.17) is 14.5 Å². The van der Waals surface area contributed by atoms with Crippen LogP contribution < -0.4 is 10.1 Å². The zero-order valence-electron chi connectivity index (χ0n) is 17.0. The first-order valence-electron chi connectivity index (χ1n) is 10.3. The summed E-state index contributed by atoms with van der Waals surface area (Å²) in [6.45, 7) is 4.64. The minimum Gasteiger partial charge on any atom is -0.497 e. The van der Waals surface area contributed by atoms with Gasteiger partial charge in [-0.25, -0.2) is 0 Å². The van der Waals surface area contributed by atoms with Crippen LogP contribution in [-0.2, 0) is 30.7 Å². The first-order valence-corrected chi connectivity index (χ1v) is 10.3. The fourth-order valence-corrected chi connectivity index (χ4v) is 4.56. The molecule has 4 nitrogen and oxygen atoms in total. The van der Waals surface area contributed by atoms with E-state index in [1.54, 1.807) is 7.11 Å². The van der Waals surface area contributed by atoms with E-state index in [0.29, 0.717) is 6.61 Å². The van der Waals surface area contributed by atoms with Crippen molar-refractivity contribution in [1.82, 2.24) is 10.3 Å². The quantitative estimate of drug-likeness (QED) is 0.718. The summed E-state index contributed by atoms with van der Waals surface area (Å²) in [5, 5.41) is 3.51. The van der Waals surface area contributed by atoms with Crippen molar-refractivity contribution in [3.05, 3.63) is 82.0 Å². The number of rotatable bonds is 3. The van der Waals surface area contributed by atoms with Crippen molar-refractivity contribution >= 4 is 0 Å². The Bertz CT molecular complexity index is 1050. The second kappa shape index (κ2) is 7.62. The highest BCUT2D eigenvalue weighted by Crippen LogP contribution is 2.39. The SMILES string of the molecule is COc1ccc(-c2nc3c(c4c2CC(c2ccccc2)OC4)CNCC3)c(C)c1. The first-order chi connectivity index (χ1) is 14.2. The van der Waals surface area contributed by atoms with E-state index in [9.17, 15) is 0 Å². The molecule has 0 amide bonds. The number of aromatic nitrogens is 1. The van der Waals surface area contributed by atoms with Gasteiger partial charge in [0.15, 0.2) is 0 Å². The Balaban J connectivity index is 1.65. The van der Waals surface area contributed by atoms with Crippen LogP contribution in [0.4, 0.5) is 0 Å². The highest BCUT2D eigenvalue weighted by Gasteiger charge is 2.29. The molecular formula is C25H26N2O2. The van der Waals surface area contributed by atoms with Crippen LogP contribution in [0.5, 0.6) is 5.75 Å². The van der Waals surface area contributed by atoms with Gasteiger partial charge in [-0.3, -0.25) is 4.98 Å². The van der Waals surface area contributed by atoms with Gasteiger partial charge in [-0.1, -0.05) is 30.3 Å². The Morgan fingerprint density at radius 1 is 1.07 bits per heavy atom. The molecule has 0 radical (unpaired) electrons. The Morgan fingerprint density at radius 2 is 1.93 bits per heavy atom. The van der Waals surface area contributed by atoms with Crippen molar-refractivity contribution in [2.45, 2.75) is 39.0 Å². The third kappa shape index (κ3) is 3.33. The van der Waals surface area contributed by atoms with Gasteiger partial charge in [0.25, 0.3) is 0 Å². The van der Waals surface area contributed by atoms with Gasteiger partial charge in [0.05, 0.1) is 25.5 Å². The molecule has 2 aliphatic heterocycles. The maximum absolute atomic E-state index is 6.34. The number of hydrogen-bond acceptors (Lipinski definition) is 4. The maximum atomic E-state index is 6.34. The number of hydrogen-bond donors (Lipinski definition) is 1. The lowest BCUT2D eigenvalue weighted by Gasteiger charge is -2.32. The third-order valence-electron chi connectivity index (χ3n) is 6.13. The van der Waals surface area contributed by atoms with Crippen LogP contribution in [0, 0.1) is 6.92 Å². The molecule has 2 aliphatic rings. The van der Waals surface area contributed by atoms with Crippen LogP contribution in [-0.4, -0.2) is 18.6 Å². The van der Waals surface area contributed by atoms with E-state index in [2.05, 4.69) is 54.7 Å². The zero-order chi connectivity index (χ0) is 19.8. The molecule has 0 bridgehead atoms. The van der Waals surface area contributed by atoms with Gasteiger partial charge < -0.3 is 14.8 Å².